The number of nitrogens with one attached hydrogen (secondary N) is 2. The molecule has 8 nitrogen and oxygen atoms in total. The number of anilines is 1. The Balaban J connectivity index is 1.46. The summed E-state index contributed by atoms with van der Waals surface area (Å²) in [4.78, 5) is 36.5. The van der Waals surface area contributed by atoms with E-state index in [9.17, 15) is 19.5 Å². The van der Waals surface area contributed by atoms with Crippen LogP contribution in [0.1, 0.15) is 39.9 Å². The summed E-state index contributed by atoms with van der Waals surface area (Å²) in [5.74, 6) is -2.20. The van der Waals surface area contributed by atoms with Crippen LogP contribution in [0.2, 0.25) is 0 Å². The lowest BCUT2D eigenvalue weighted by atomic mass is 9.98. The molecule has 3 aromatic carbocycles. The number of carboxylic acid groups (broad SMARTS) is 1. The molecule has 0 heterocycles. The maximum atomic E-state index is 12.7. The summed E-state index contributed by atoms with van der Waals surface area (Å²) >= 11 is 0. The summed E-state index contributed by atoms with van der Waals surface area (Å²) in [7, 11) is 0. The highest BCUT2D eigenvalue weighted by Crippen LogP contribution is 2.44. The molecule has 1 aliphatic carbocycles. The minimum absolute atomic E-state index is 0.104. The maximum Gasteiger partial charge on any atom is 0.411 e. The van der Waals surface area contributed by atoms with Gasteiger partial charge >= 0.3 is 12.1 Å². The largest absolute Gasteiger partial charge is 0.479 e. The molecule has 8 heteroatoms. The van der Waals surface area contributed by atoms with Gasteiger partial charge in [-0.2, -0.15) is 0 Å². The van der Waals surface area contributed by atoms with Crippen LogP contribution in [0, 0.1) is 6.92 Å². The van der Waals surface area contributed by atoms with Gasteiger partial charge in [0.05, 0.1) is 17.8 Å². The summed E-state index contributed by atoms with van der Waals surface area (Å²) in [6.07, 6.45) is -0.720. The van der Waals surface area contributed by atoms with E-state index in [1.54, 1.807) is 25.1 Å². The molecular weight excluding hydrogens is 448 g/mol. The molecule has 35 heavy (non-hydrogen) atoms. The normalized spacial score (nSPS) is 13.8. The number of carboxylic acids is 1. The van der Waals surface area contributed by atoms with Gasteiger partial charge in [-0.15, -0.1) is 0 Å². The Hall–Kier alpha value is -4.17. The van der Waals surface area contributed by atoms with Crippen molar-refractivity contribution in [1.29, 1.82) is 0 Å². The van der Waals surface area contributed by atoms with E-state index >= 15 is 0 Å². The van der Waals surface area contributed by atoms with E-state index < -0.39 is 30.1 Å². The van der Waals surface area contributed by atoms with Crippen LogP contribution < -0.4 is 10.6 Å². The van der Waals surface area contributed by atoms with E-state index in [0.29, 0.717) is 0 Å². The molecule has 0 saturated carbocycles. The molecule has 4 N–H and O–H groups in total. The number of hydrogen-bond acceptors (Lipinski definition) is 5. The molecule has 0 bridgehead atoms. The van der Waals surface area contributed by atoms with Crippen LogP contribution in [-0.2, 0) is 9.53 Å². The number of ether oxygens (including phenoxy) is 1. The number of aliphatic carboxylic acids is 1. The van der Waals surface area contributed by atoms with Gasteiger partial charge in [-0.1, -0.05) is 60.2 Å². The summed E-state index contributed by atoms with van der Waals surface area (Å²) in [6.45, 7) is 2.48. The molecule has 1 aliphatic rings. The number of carbonyl (C=O) groups is 3. The third kappa shape index (κ3) is 5.02. The first kappa shape index (κ1) is 24.0. The van der Waals surface area contributed by atoms with Crippen LogP contribution in [0.5, 0.6) is 0 Å². The van der Waals surface area contributed by atoms with E-state index in [1.807, 2.05) is 48.5 Å². The van der Waals surface area contributed by atoms with Crippen LogP contribution >= 0.6 is 0 Å². The average molecular weight is 475 g/mol. The smallest absolute Gasteiger partial charge is 0.411 e. The van der Waals surface area contributed by atoms with E-state index in [0.717, 1.165) is 34.7 Å². The van der Waals surface area contributed by atoms with E-state index in [4.69, 9.17) is 9.84 Å². The van der Waals surface area contributed by atoms with Crippen molar-refractivity contribution in [2.75, 3.05) is 18.5 Å². The van der Waals surface area contributed by atoms with Crippen LogP contribution in [0.3, 0.4) is 0 Å². The van der Waals surface area contributed by atoms with E-state index in [1.165, 1.54) is 0 Å². The number of fused-ring (bicyclic) bond motifs is 3. The van der Waals surface area contributed by atoms with Crippen molar-refractivity contribution in [3.63, 3.8) is 0 Å². The maximum absolute atomic E-state index is 12.7. The van der Waals surface area contributed by atoms with Gasteiger partial charge in [-0.05, 0) is 48.2 Å². The zero-order valence-corrected chi connectivity index (χ0v) is 19.4. The minimum Gasteiger partial charge on any atom is -0.479 e. The van der Waals surface area contributed by atoms with Crippen LogP contribution in [0.4, 0.5) is 10.5 Å². The number of amides is 2. The van der Waals surface area contributed by atoms with E-state index in [2.05, 4.69) is 10.6 Å². The van der Waals surface area contributed by atoms with Crippen LogP contribution in [0.15, 0.2) is 66.7 Å². The lowest BCUT2D eigenvalue weighted by molar-refractivity contribution is -0.155. The fraction of sp³-hybridized carbons (Fsp3) is 0.222. The van der Waals surface area contributed by atoms with Crippen molar-refractivity contribution >= 4 is 23.7 Å². The zero-order chi connectivity index (χ0) is 25.2. The highest BCUT2D eigenvalue weighted by molar-refractivity contribution is 6.03. The first-order valence-corrected chi connectivity index (χ1v) is 11.1. The third-order valence-corrected chi connectivity index (χ3v) is 6.05. The first-order chi connectivity index (χ1) is 16.7. The van der Waals surface area contributed by atoms with Gasteiger partial charge in [0.2, 0.25) is 0 Å². The summed E-state index contributed by atoms with van der Waals surface area (Å²) in [5.41, 5.74) is 3.38. The van der Waals surface area contributed by atoms with Gasteiger partial charge in [0.1, 0.15) is 6.61 Å². The number of rotatable bonds is 7. The fourth-order valence-corrected chi connectivity index (χ4v) is 4.12. The van der Waals surface area contributed by atoms with Gasteiger partial charge in [-0.3, -0.25) is 10.1 Å². The highest BCUT2D eigenvalue weighted by atomic mass is 16.5. The number of benzene rings is 3. The van der Waals surface area contributed by atoms with Gasteiger partial charge < -0.3 is 20.3 Å². The highest BCUT2D eigenvalue weighted by Gasteiger charge is 2.31. The quantitative estimate of drug-likeness (QED) is 0.411. The second kappa shape index (κ2) is 9.60. The molecular formula is C27H26N2O6. The zero-order valence-electron chi connectivity index (χ0n) is 19.4. The SMILES string of the molecule is Cc1ccc(NC(=O)OCC2c3ccccc3-c3ccccc32)c(C(=O)NCC(C)(O)C(=O)O)c1. The molecule has 0 radical (unpaired) electrons. The minimum atomic E-state index is -2.13. The topological polar surface area (TPSA) is 125 Å². The molecule has 4 rings (SSSR count). The molecule has 3 aromatic rings. The van der Waals surface area contributed by atoms with Gasteiger partial charge in [0.25, 0.3) is 5.91 Å². The molecule has 1 atom stereocenters. The molecule has 180 valence electrons. The third-order valence-electron chi connectivity index (χ3n) is 6.05. The molecule has 2 amide bonds. The standard InChI is InChI=1S/C27H26N2O6/c1-16-11-12-23(21(13-16)24(30)28-15-27(2,34)25(31)32)29-26(33)35-14-22-19-9-5-3-7-17(19)18-8-4-6-10-20(18)22/h3-13,22,34H,14-15H2,1-2H3,(H,28,30)(H,29,33)(H,31,32). The van der Waals surface area contributed by atoms with Crippen LogP contribution in [0.25, 0.3) is 11.1 Å². The van der Waals surface area contributed by atoms with Gasteiger partial charge in [-0.25, -0.2) is 9.59 Å². The molecule has 0 saturated heterocycles. The second-order valence-corrected chi connectivity index (χ2v) is 8.76. The lowest BCUT2D eigenvalue weighted by Crippen LogP contribution is -2.46. The van der Waals surface area contributed by atoms with Crippen molar-refractivity contribution in [1.82, 2.24) is 5.32 Å². The molecule has 0 fully saturated rings. The average Bonchev–Trinajstić information content (AvgIpc) is 3.16. The second-order valence-electron chi connectivity index (χ2n) is 8.76. The number of hydrogen-bond donors (Lipinski definition) is 4. The Morgan fingerprint density at radius 3 is 2.17 bits per heavy atom. The van der Waals surface area contributed by atoms with Gasteiger partial charge in [0.15, 0.2) is 5.60 Å². The molecule has 0 spiro atoms. The monoisotopic (exact) mass is 474 g/mol. The summed E-state index contributed by atoms with van der Waals surface area (Å²) in [6, 6.07) is 20.9. The predicted octanol–water partition coefficient (Wildman–Crippen LogP) is 3.92. The van der Waals surface area contributed by atoms with Crippen molar-refractivity contribution in [3.05, 3.63) is 89.0 Å². The Bertz CT molecular complexity index is 1250. The molecule has 0 aliphatic heterocycles. The predicted molar refractivity (Wildman–Crippen MR) is 130 cm³/mol. The Morgan fingerprint density at radius 1 is 0.971 bits per heavy atom. The van der Waals surface area contributed by atoms with Crippen molar-refractivity contribution in [3.8, 4) is 11.1 Å². The number of aliphatic hydroxyl groups is 1. The summed E-state index contributed by atoms with van der Waals surface area (Å²) in [5, 5.41) is 23.9. The Kier molecular flexibility index (Phi) is 6.57. The van der Waals surface area contributed by atoms with Crippen LogP contribution in [-0.4, -0.2) is 46.9 Å². The number of carbonyl (C=O) groups excluding carboxylic acids is 2. The Morgan fingerprint density at radius 2 is 1.57 bits per heavy atom. The van der Waals surface area contributed by atoms with E-state index in [-0.39, 0.29) is 23.8 Å². The lowest BCUT2D eigenvalue weighted by Gasteiger charge is -2.19. The molecule has 0 aromatic heterocycles. The summed E-state index contributed by atoms with van der Waals surface area (Å²) < 4.78 is 5.55. The van der Waals surface area contributed by atoms with Gasteiger partial charge in [0, 0.05) is 5.92 Å². The van der Waals surface area contributed by atoms with Crippen molar-refractivity contribution in [2.24, 2.45) is 0 Å². The number of aryl methyl sites for hydroxylation is 1. The Labute approximate surface area is 202 Å². The van der Waals surface area contributed by atoms with Crippen molar-refractivity contribution in [2.45, 2.75) is 25.4 Å². The first-order valence-electron chi connectivity index (χ1n) is 11.1. The van der Waals surface area contributed by atoms with Crippen molar-refractivity contribution < 1.29 is 29.3 Å². The fourth-order valence-electron chi connectivity index (χ4n) is 4.12. The molecule has 1 unspecified atom stereocenters.